The van der Waals surface area contributed by atoms with Gasteiger partial charge in [0.05, 0.1) is 6.10 Å². The predicted octanol–water partition coefficient (Wildman–Crippen LogP) is 2.29. The van der Waals surface area contributed by atoms with Crippen molar-refractivity contribution < 1.29 is 5.11 Å². The first-order valence-electron chi connectivity index (χ1n) is 4.34. The molecule has 1 aliphatic heterocycles. The van der Waals surface area contributed by atoms with Gasteiger partial charge in [-0.05, 0) is 31.4 Å². The van der Waals surface area contributed by atoms with Crippen LogP contribution in [0.4, 0.5) is 0 Å². The highest BCUT2D eigenvalue weighted by molar-refractivity contribution is 8.00. The average Bonchev–Trinajstić information content (AvgIpc) is 2.10. The zero-order chi connectivity index (χ0) is 8.48. The van der Waals surface area contributed by atoms with Crippen LogP contribution in [0.3, 0.4) is 0 Å². The van der Waals surface area contributed by atoms with E-state index < -0.39 is 0 Å². The third-order valence-electron chi connectivity index (χ3n) is 2.55. The lowest BCUT2D eigenvalue weighted by atomic mass is 9.88. The van der Waals surface area contributed by atoms with E-state index in [1.54, 1.807) is 0 Å². The van der Waals surface area contributed by atoms with Crippen molar-refractivity contribution in [2.24, 2.45) is 5.92 Å². The fourth-order valence-electron chi connectivity index (χ4n) is 1.74. The summed E-state index contributed by atoms with van der Waals surface area (Å²) >= 11 is 2.04. The van der Waals surface area contributed by atoms with Gasteiger partial charge >= 0.3 is 0 Å². The van der Waals surface area contributed by atoms with Gasteiger partial charge in [0.25, 0.3) is 0 Å². The average molecular weight is 174 g/mol. The third kappa shape index (κ3) is 2.38. The molecule has 1 heterocycles. The molecule has 0 radical (unpaired) electrons. The van der Waals surface area contributed by atoms with Crippen molar-refractivity contribution in [3.05, 3.63) is 0 Å². The van der Waals surface area contributed by atoms with E-state index in [1.165, 1.54) is 12.2 Å². The van der Waals surface area contributed by atoms with Gasteiger partial charge < -0.3 is 5.11 Å². The largest absolute Gasteiger partial charge is 0.393 e. The summed E-state index contributed by atoms with van der Waals surface area (Å²) in [6.07, 6.45) is 2.13. The monoisotopic (exact) mass is 174 g/mol. The van der Waals surface area contributed by atoms with E-state index in [-0.39, 0.29) is 6.10 Å². The summed E-state index contributed by atoms with van der Waals surface area (Å²) < 4.78 is 0.400. The van der Waals surface area contributed by atoms with E-state index in [0.717, 1.165) is 6.42 Å². The fourth-order valence-corrected chi connectivity index (χ4v) is 3.12. The molecule has 2 atom stereocenters. The topological polar surface area (TPSA) is 20.2 Å². The minimum atomic E-state index is -0.127. The maximum Gasteiger partial charge on any atom is 0.0515 e. The molecule has 0 spiro atoms. The second-order valence-electron chi connectivity index (χ2n) is 4.02. The number of hydrogen-bond donors (Lipinski definition) is 1. The highest BCUT2D eigenvalue weighted by Gasteiger charge is 2.35. The Balaban J connectivity index is 2.45. The normalized spacial score (nSPS) is 32.2. The molecule has 1 aliphatic rings. The van der Waals surface area contributed by atoms with Gasteiger partial charge in [-0.2, -0.15) is 11.8 Å². The minimum absolute atomic E-state index is 0.127. The summed E-state index contributed by atoms with van der Waals surface area (Å²) in [7, 11) is 0. The summed E-state index contributed by atoms with van der Waals surface area (Å²) in [5.74, 6) is 1.98. The number of hydrogen-bond acceptors (Lipinski definition) is 2. The predicted molar refractivity (Wildman–Crippen MR) is 50.9 cm³/mol. The van der Waals surface area contributed by atoms with Crippen LogP contribution in [0.5, 0.6) is 0 Å². The van der Waals surface area contributed by atoms with E-state index in [4.69, 9.17) is 0 Å². The fraction of sp³-hybridized carbons (Fsp3) is 1.00. The molecule has 1 saturated heterocycles. The lowest BCUT2D eigenvalue weighted by Gasteiger charge is -2.26. The highest BCUT2D eigenvalue weighted by Crippen LogP contribution is 2.44. The first kappa shape index (κ1) is 9.40. The highest BCUT2D eigenvalue weighted by atomic mass is 32.2. The van der Waals surface area contributed by atoms with Crippen molar-refractivity contribution in [2.45, 2.75) is 44.5 Å². The van der Waals surface area contributed by atoms with Crippen LogP contribution in [-0.4, -0.2) is 21.7 Å². The molecule has 1 nitrogen and oxygen atoms in total. The molecule has 0 bridgehead atoms. The minimum Gasteiger partial charge on any atom is -0.393 e. The number of rotatable bonds is 2. The zero-order valence-corrected chi connectivity index (χ0v) is 8.45. The van der Waals surface area contributed by atoms with Crippen molar-refractivity contribution in [2.75, 3.05) is 5.75 Å². The Morgan fingerprint density at radius 3 is 2.64 bits per heavy atom. The molecule has 0 amide bonds. The van der Waals surface area contributed by atoms with E-state index in [0.29, 0.717) is 10.7 Å². The maximum atomic E-state index is 9.24. The molecule has 0 aromatic heterocycles. The SMILES string of the molecule is C[C@H](O)CC1CCSC1(C)C. The standard InChI is InChI=1S/C9H18OS/c1-7(10)6-8-4-5-11-9(8,2)3/h7-8,10H,4-6H2,1-3H3/t7-,8?/m0/s1. The second-order valence-corrected chi connectivity index (χ2v) is 5.77. The maximum absolute atomic E-state index is 9.24. The first-order chi connectivity index (χ1) is 5.02. The van der Waals surface area contributed by atoms with Crippen LogP contribution in [0, 0.1) is 5.92 Å². The second kappa shape index (κ2) is 3.36. The van der Waals surface area contributed by atoms with Gasteiger partial charge in [0.15, 0.2) is 0 Å². The zero-order valence-electron chi connectivity index (χ0n) is 7.63. The van der Waals surface area contributed by atoms with Crippen LogP contribution < -0.4 is 0 Å². The molecule has 1 N–H and O–H groups in total. The first-order valence-corrected chi connectivity index (χ1v) is 5.33. The molecule has 0 aliphatic carbocycles. The van der Waals surface area contributed by atoms with Gasteiger partial charge in [-0.15, -0.1) is 0 Å². The number of aliphatic hydroxyl groups excluding tert-OH is 1. The summed E-state index contributed by atoms with van der Waals surface area (Å²) in [5.41, 5.74) is 0. The Labute approximate surface area is 73.6 Å². The van der Waals surface area contributed by atoms with Crippen LogP contribution in [0.15, 0.2) is 0 Å². The van der Waals surface area contributed by atoms with Crippen LogP contribution in [0.25, 0.3) is 0 Å². The molecule has 1 rings (SSSR count). The van der Waals surface area contributed by atoms with Crippen molar-refractivity contribution >= 4 is 11.8 Å². The van der Waals surface area contributed by atoms with E-state index in [9.17, 15) is 5.11 Å². The van der Waals surface area contributed by atoms with E-state index in [2.05, 4.69) is 13.8 Å². The number of aliphatic hydroxyl groups is 1. The Hall–Kier alpha value is 0.310. The van der Waals surface area contributed by atoms with Crippen molar-refractivity contribution in [1.29, 1.82) is 0 Å². The van der Waals surface area contributed by atoms with Gasteiger partial charge in [0.2, 0.25) is 0 Å². The molecule has 11 heavy (non-hydrogen) atoms. The Kier molecular flexibility index (Phi) is 2.87. The molecule has 0 aromatic rings. The molecule has 1 fully saturated rings. The quantitative estimate of drug-likeness (QED) is 0.693. The lowest BCUT2D eigenvalue weighted by molar-refractivity contribution is 0.152. The summed E-state index contributed by atoms with van der Waals surface area (Å²) in [4.78, 5) is 0. The van der Waals surface area contributed by atoms with Gasteiger partial charge in [-0.1, -0.05) is 13.8 Å². The van der Waals surface area contributed by atoms with E-state index in [1.807, 2.05) is 18.7 Å². The number of thioether (sulfide) groups is 1. The van der Waals surface area contributed by atoms with E-state index >= 15 is 0 Å². The molecule has 66 valence electrons. The third-order valence-corrected chi connectivity index (χ3v) is 4.07. The van der Waals surface area contributed by atoms with Crippen molar-refractivity contribution in [3.63, 3.8) is 0 Å². The molecular formula is C9H18OS. The summed E-state index contributed by atoms with van der Waals surface area (Å²) in [5, 5.41) is 9.24. The molecular weight excluding hydrogens is 156 g/mol. The van der Waals surface area contributed by atoms with Gasteiger partial charge in [0.1, 0.15) is 0 Å². The Bertz CT molecular complexity index is 132. The van der Waals surface area contributed by atoms with Gasteiger partial charge in [0, 0.05) is 4.75 Å². The Morgan fingerprint density at radius 1 is 1.64 bits per heavy atom. The lowest BCUT2D eigenvalue weighted by Crippen LogP contribution is -2.25. The summed E-state index contributed by atoms with van der Waals surface area (Å²) in [6, 6.07) is 0. The van der Waals surface area contributed by atoms with Crippen LogP contribution in [0.2, 0.25) is 0 Å². The van der Waals surface area contributed by atoms with Crippen LogP contribution >= 0.6 is 11.8 Å². The van der Waals surface area contributed by atoms with Crippen LogP contribution in [-0.2, 0) is 0 Å². The molecule has 0 saturated carbocycles. The van der Waals surface area contributed by atoms with Crippen molar-refractivity contribution in [1.82, 2.24) is 0 Å². The summed E-state index contributed by atoms with van der Waals surface area (Å²) in [6.45, 7) is 6.47. The molecule has 2 heteroatoms. The van der Waals surface area contributed by atoms with Gasteiger partial charge in [-0.3, -0.25) is 0 Å². The Morgan fingerprint density at radius 2 is 2.27 bits per heavy atom. The smallest absolute Gasteiger partial charge is 0.0515 e. The van der Waals surface area contributed by atoms with Crippen LogP contribution in [0.1, 0.15) is 33.6 Å². The van der Waals surface area contributed by atoms with Crippen molar-refractivity contribution in [3.8, 4) is 0 Å². The molecule has 1 unspecified atom stereocenters. The molecule has 0 aromatic carbocycles. The van der Waals surface area contributed by atoms with Gasteiger partial charge in [-0.25, -0.2) is 0 Å².